The lowest BCUT2D eigenvalue weighted by molar-refractivity contribution is 0.411. The molecule has 1 aliphatic rings. The Morgan fingerprint density at radius 1 is 0.474 bits per heavy atom. The van der Waals surface area contributed by atoms with Crippen molar-refractivity contribution in [1.82, 2.24) is 14.1 Å². The first-order valence-corrected chi connectivity index (χ1v) is 27.0. The summed E-state index contributed by atoms with van der Waals surface area (Å²) in [7, 11) is 0. The van der Waals surface area contributed by atoms with Crippen molar-refractivity contribution in [3.63, 3.8) is 0 Å². The van der Waals surface area contributed by atoms with Crippen molar-refractivity contribution < 1.29 is 7.48 Å². The Bertz CT molecular complexity index is 4300. The van der Waals surface area contributed by atoms with Gasteiger partial charge in [-0.15, -0.1) is 0 Å². The first-order chi connectivity index (χ1) is 37.0. The highest BCUT2D eigenvalue weighted by atomic mass is 16.5. The third kappa shape index (κ3) is 8.74. The molecule has 0 fully saturated rings. The van der Waals surface area contributed by atoms with Gasteiger partial charge in [0.1, 0.15) is 24.0 Å². The molecule has 0 saturated heterocycles. The molecule has 0 spiro atoms. The van der Waals surface area contributed by atoms with Crippen molar-refractivity contribution in [2.75, 3.05) is 4.90 Å². The van der Waals surface area contributed by atoms with Crippen LogP contribution < -0.4 is 9.64 Å². The van der Waals surface area contributed by atoms with Crippen LogP contribution in [0.15, 0.2) is 182 Å². The van der Waals surface area contributed by atoms with Crippen molar-refractivity contribution in [3.8, 4) is 28.4 Å². The van der Waals surface area contributed by atoms with E-state index in [0.717, 1.165) is 89.0 Å². The lowest BCUT2D eigenvalue weighted by Gasteiger charge is -2.25. The quantitative estimate of drug-likeness (QED) is 0.167. The fourth-order valence-electron chi connectivity index (χ4n) is 11.5. The number of hydrogen-bond donors (Lipinski definition) is 0. The molecule has 0 radical (unpaired) electrons. The Morgan fingerprint density at radius 2 is 1.08 bits per heavy atom. The summed E-state index contributed by atoms with van der Waals surface area (Å²) in [6.07, 6.45) is 0.309. The zero-order valence-electron chi connectivity index (χ0n) is 48.2. The molecule has 11 aromatic rings. The van der Waals surface area contributed by atoms with E-state index in [1.165, 1.54) is 32.7 Å². The van der Waals surface area contributed by atoms with Gasteiger partial charge in [0.2, 0.25) is 0 Å². The minimum atomic E-state index is -1.61. The molecule has 0 bridgehead atoms. The van der Waals surface area contributed by atoms with Crippen LogP contribution in [0.3, 0.4) is 0 Å². The Morgan fingerprint density at radius 3 is 1.82 bits per heavy atom. The van der Waals surface area contributed by atoms with E-state index < -0.39 is 11.8 Å². The van der Waals surface area contributed by atoms with E-state index >= 15 is 0 Å². The zero-order chi connectivity index (χ0) is 54.8. The summed E-state index contributed by atoms with van der Waals surface area (Å²) in [5.41, 5.74) is 11.7. The average molecular weight is 997 g/mol. The summed E-state index contributed by atoms with van der Waals surface area (Å²) in [6, 6.07) is 63.8. The van der Waals surface area contributed by atoms with E-state index in [4.69, 9.17) is 9.72 Å². The standard InChI is InChI=1S/C71H70N4O/c1-68(2,3)43-45-36-46(38-49(37-45)71(10,11)12)53-25-18-26-59-54-22-13-14-23-55(54)61-39-47(69(4,5)6)30-32-56(61)60-27-19-29-63-67(60)74(66(53)59)44-73(63)50-20-17-21-51(41-50)76-52-31-33-58-57-24-15-16-28-62(57)75(64(58)42-52)65-40-48(34-35-72-65)70(7,8)9/h13-42H,43-44H2,1-12H3/i43D2. The number of hydrogen-bond acceptors (Lipinski definition) is 3. The first kappa shape index (κ1) is 46.6. The number of pyridine rings is 1. The van der Waals surface area contributed by atoms with Crippen LogP contribution in [0, 0.1) is 5.41 Å². The SMILES string of the molecule is [2H]C([2H])(c1cc(-c2cccc3c4ccccc4c4cc(C(C)(C)C)ccc4c4cccc5c4n(c23)CN5c2cccc(Oc3ccc4c5ccccc5n(-c5cc(C(C)(C)C)ccn5)c4c3)c2)cc(C(C)(C)C)c1)C(C)(C)C. The molecule has 0 saturated carbocycles. The highest BCUT2D eigenvalue weighted by molar-refractivity contribution is 6.22. The van der Waals surface area contributed by atoms with Gasteiger partial charge in [-0.05, 0) is 132 Å². The number of benzene rings is 8. The molecular formula is C71H70N4O. The molecule has 0 amide bonds. The maximum absolute atomic E-state index is 9.65. The van der Waals surface area contributed by atoms with Crippen molar-refractivity contribution in [3.05, 3.63) is 204 Å². The maximum atomic E-state index is 9.65. The van der Waals surface area contributed by atoms with E-state index in [-0.39, 0.29) is 16.2 Å². The smallest absolute Gasteiger partial charge is 0.137 e. The van der Waals surface area contributed by atoms with Gasteiger partial charge >= 0.3 is 0 Å². The summed E-state index contributed by atoms with van der Waals surface area (Å²) in [5.74, 6) is 2.34. The van der Waals surface area contributed by atoms with Gasteiger partial charge in [-0.3, -0.25) is 4.57 Å². The van der Waals surface area contributed by atoms with Crippen molar-refractivity contribution >= 4 is 76.5 Å². The Balaban J connectivity index is 1.09. The maximum Gasteiger partial charge on any atom is 0.137 e. The van der Waals surface area contributed by atoms with E-state index in [1.807, 2.05) is 33.0 Å². The number of ether oxygens (including phenoxy) is 1. The van der Waals surface area contributed by atoms with Crippen molar-refractivity contribution in [2.45, 2.75) is 112 Å². The van der Waals surface area contributed by atoms with Gasteiger partial charge in [0.25, 0.3) is 0 Å². The van der Waals surface area contributed by atoms with Gasteiger partial charge in [-0.2, -0.15) is 0 Å². The Kier molecular flexibility index (Phi) is 11.0. The fraction of sp³-hybridized carbons (Fsp3) is 0.254. The van der Waals surface area contributed by atoms with Gasteiger partial charge in [-0.1, -0.05) is 192 Å². The van der Waals surface area contributed by atoms with E-state index in [1.54, 1.807) is 0 Å². The second-order valence-corrected chi connectivity index (χ2v) is 25.1. The number of anilines is 2. The van der Waals surface area contributed by atoms with Crippen LogP contribution in [-0.2, 0) is 29.3 Å². The molecule has 1 aliphatic heterocycles. The fourth-order valence-corrected chi connectivity index (χ4v) is 11.5. The third-order valence-electron chi connectivity index (χ3n) is 15.3. The van der Waals surface area contributed by atoms with E-state index in [2.05, 4.69) is 246 Å². The molecule has 5 nitrogen and oxygen atoms in total. The third-order valence-corrected chi connectivity index (χ3v) is 15.3. The van der Waals surface area contributed by atoms with Crippen LogP contribution in [0.4, 0.5) is 11.4 Å². The molecule has 0 unspecified atom stereocenters. The molecule has 4 heterocycles. The molecule has 0 atom stereocenters. The van der Waals surface area contributed by atoms with Crippen LogP contribution >= 0.6 is 0 Å². The topological polar surface area (TPSA) is 35.2 Å². The summed E-state index contributed by atoms with van der Waals surface area (Å²) in [4.78, 5) is 7.35. The van der Waals surface area contributed by atoms with Crippen LogP contribution in [-0.4, -0.2) is 14.1 Å². The van der Waals surface area contributed by atoms with Crippen molar-refractivity contribution in [2.24, 2.45) is 5.41 Å². The molecule has 0 aliphatic carbocycles. The Labute approximate surface area is 451 Å². The molecule has 3 aromatic heterocycles. The molecule has 8 aromatic carbocycles. The summed E-state index contributed by atoms with van der Waals surface area (Å²) < 4.78 is 31.0. The average Bonchev–Trinajstić information content (AvgIpc) is 4.20. The summed E-state index contributed by atoms with van der Waals surface area (Å²) in [5, 5.41) is 9.27. The molecule has 12 rings (SSSR count). The van der Waals surface area contributed by atoms with Gasteiger partial charge in [0, 0.05) is 53.9 Å². The van der Waals surface area contributed by atoms with Crippen LogP contribution in [0.5, 0.6) is 11.5 Å². The van der Waals surface area contributed by atoms with Gasteiger partial charge in [0.15, 0.2) is 0 Å². The number of fused-ring (bicyclic) bond motifs is 10. The highest BCUT2D eigenvalue weighted by Crippen LogP contribution is 2.46. The molecule has 76 heavy (non-hydrogen) atoms. The normalized spacial score (nSPS) is 13.8. The van der Waals surface area contributed by atoms with Gasteiger partial charge in [0.05, 0.1) is 27.8 Å². The molecule has 0 N–H and O–H groups in total. The monoisotopic (exact) mass is 997 g/mol. The second kappa shape index (κ2) is 17.9. The van der Waals surface area contributed by atoms with Crippen LogP contribution in [0.25, 0.3) is 82.1 Å². The Hall–Kier alpha value is -7.89. The summed E-state index contributed by atoms with van der Waals surface area (Å²) in [6.45, 7) is 26.8. The van der Waals surface area contributed by atoms with Gasteiger partial charge < -0.3 is 14.2 Å². The lowest BCUT2D eigenvalue weighted by atomic mass is 9.81. The molecular weight excluding hydrogens is 925 g/mol. The van der Waals surface area contributed by atoms with E-state index in [9.17, 15) is 2.74 Å². The number of nitrogens with zero attached hydrogens (tertiary/aromatic N) is 4. The predicted molar refractivity (Wildman–Crippen MR) is 324 cm³/mol. The predicted octanol–water partition coefficient (Wildman–Crippen LogP) is 19.8. The minimum Gasteiger partial charge on any atom is -0.457 e. The van der Waals surface area contributed by atoms with Crippen LogP contribution in [0.1, 0.15) is 108 Å². The molecule has 380 valence electrons. The van der Waals surface area contributed by atoms with Crippen molar-refractivity contribution in [1.29, 1.82) is 0 Å². The minimum absolute atomic E-state index is 0.0373. The number of para-hydroxylation sites is 3. The van der Waals surface area contributed by atoms with E-state index in [0.29, 0.717) is 12.2 Å². The lowest BCUT2D eigenvalue weighted by Crippen LogP contribution is -2.15. The first-order valence-electron chi connectivity index (χ1n) is 28.0. The highest BCUT2D eigenvalue weighted by Gasteiger charge is 2.28. The number of aromatic nitrogens is 3. The second-order valence-electron chi connectivity index (χ2n) is 25.1. The van der Waals surface area contributed by atoms with Crippen LogP contribution in [0.2, 0.25) is 0 Å². The number of rotatable bonds is 6. The summed E-state index contributed by atoms with van der Waals surface area (Å²) >= 11 is 0. The van der Waals surface area contributed by atoms with Gasteiger partial charge in [-0.25, -0.2) is 4.98 Å². The molecule has 5 heteroatoms. The zero-order valence-corrected chi connectivity index (χ0v) is 46.2. The largest absolute Gasteiger partial charge is 0.457 e.